The highest BCUT2D eigenvalue weighted by molar-refractivity contribution is 5.08. The maximum absolute atomic E-state index is 4.21. The van der Waals surface area contributed by atoms with E-state index in [-0.39, 0.29) is 0 Å². The Morgan fingerprint density at radius 2 is 2.25 bits per heavy atom. The summed E-state index contributed by atoms with van der Waals surface area (Å²) in [7, 11) is 2.14. The average molecular weight is 224 g/mol. The number of H-pyrrole nitrogens is 1. The quantitative estimate of drug-likeness (QED) is 0.736. The first-order valence-electron chi connectivity index (χ1n) is 6.10. The van der Waals surface area contributed by atoms with Gasteiger partial charge < -0.3 is 10.2 Å². The number of likely N-dealkylation sites (N-methyl/N-ethyl adjacent to an activating group) is 1. The lowest BCUT2D eigenvalue weighted by molar-refractivity contribution is 0.309. The van der Waals surface area contributed by atoms with Crippen molar-refractivity contribution in [1.82, 2.24) is 20.4 Å². The molecule has 1 heterocycles. The fraction of sp³-hybridized carbons (Fsp3) is 0.750. The zero-order valence-electron chi connectivity index (χ0n) is 10.9. The minimum Gasteiger partial charge on any atom is -0.307 e. The molecule has 0 aliphatic heterocycles. The molecule has 1 aromatic rings. The van der Waals surface area contributed by atoms with Gasteiger partial charge >= 0.3 is 0 Å². The summed E-state index contributed by atoms with van der Waals surface area (Å²) in [5, 5.41) is 10.8. The Bertz CT molecular complexity index is 295. The first kappa shape index (κ1) is 13.2. The van der Waals surface area contributed by atoms with Gasteiger partial charge in [-0.1, -0.05) is 13.8 Å². The fourth-order valence-corrected chi connectivity index (χ4v) is 1.63. The number of nitrogens with zero attached hydrogens (tertiary/aromatic N) is 2. The molecule has 1 unspecified atom stereocenters. The minimum absolute atomic E-state index is 0.498. The van der Waals surface area contributed by atoms with Gasteiger partial charge in [0.1, 0.15) is 0 Å². The maximum Gasteiger partial charge on any atom is 0.0622 e. The van der Waals surface area contributed by atoms with Crippen molar-refractivity contribution in [3.8, 4) is 0 Å². The van der Waals surface area contributed by atoms with Crippen molar-refractivity contribution in [2.24, 2.45) is 0 Å². The van der Waals surface area contributed by atoms with Crippen LogP contribution in [0.2, 0.25) is 0 Å². The zero-order valence-corrected chi connectivity index (χ0v) is 10.9. The topological polar surface area (TPSA) is 44.0 Å². The van der Waals surface area contributed by atoms with Crippen LogP contribution in [0.4, 0.5) is 0 Å². The van der Waals surface area contributed by atoms with Crippen molar-refractivity contribution in [1.29, 1.82) is 0 Å². The second kappa shape index (κ2) is 6.66. The molecule has 0 radical (unpaired) electrons. The Balaban J connectivity index is 2.28. The van der Waals surface area contributed by atoms with Crippen LogP contribution in [0.1, 0.15) is 32.2 Å². The summed E-state index contributed by atoms with van der Waals surface area (Å²) in [5.41, 5.74) is 2.30. The smallest absolute Gasteiger partial charge is 0.0622 e. The summed E-state index contributed by atoms with van der Waals surface area (Å²) in [5.74, 6) is 0. The van der Waals surface area contributed by atoms with E-state index in [1.54, 1.807) is 0 Å². The molecule has 1 rings (SSSR count). The van der Waals surface area contributed by atoms with E-state index >= 15 is 0 Å². The van der Waals surface area contributed by atoms with Crippen molar-refractivity contribution in [3.63, 3.8) is 0 Å². The second-order valence-corrected chi connectivity index (χ2v) is 4.37. The van der Waals surface area contributed by atoms with E-state index in [1.807, 2.05) is 0 Å². The van der Waals surface area contributed by atoms with Crippen LogP contribution in [0.25, 0.3) is 0 Å². The largest absolute Gasteiger partial charge is 0.307 e. The third-order valence-electron chi connectivity index (χ3n) is 2.81. The van der Waals surface area contributed by atoms with Crippen molar-refractivity contribution in [2.45, 2.75) is 39.8 Å². The number of hydrogen-bond donors (Lipinski definition) is 2. The second-order valence-electron chi connectivity index (χ2n) is 4.37. The summed E-state index contributed by atoms with van der Waals surface area (Å²) in [6.45, 7) is 9.54. The lowest BCUT2D eigenvalue weighted by atomic mass is 10.2. The van der Waals surface area contributed by atoms with Crippen molar-refractivity contribution in [2.75, 3.05) is 20.1 Å². The van der Waals surface area contributed by atoms with Crippen molar-refractivity contribution >= 4 is 0 Å². The van der Waals surface area contributed by atoms with E-state index in [9.17, 15) is 0 Å². The van der Waals surface area contributed by atoms with E-state index in [1.165, 1.54) is 5.69 Å². The molecular formula is C12H24N4. The van der Waals surface area contributed by atoms with Gasteiger partial charge in [0.25, 0.3) is 0 Å². The fourth-order valence-electron chi connectivity index (χ4n) is 1.63. The highest BCUT2D eigenvalue weighted by Gasteiger charge is 2.05. The van der Waals surface area contributed by atoms with Gasteiger partial charge in [-0.15, -0.1) is 0 Å². The molecule has 0 aromatic carbocycles. The number of aromatic nitrogens is 2. The molecule has 0 bridgehead atoms. The number of nitrogens with one attached hydrogen (secondary N) is 2. The van der Waals surface area contributed by atoms with E-state index < -0.39 is 0 Å². The molecule has 16 heavy (non-hydrogen) atoms. The van der Waals surface area contributed by atoms with Crippen LogP contribution in [0, 0.1) is 0 Å². The summed E-state index contributed by atoms with van der Waals surface area (Å²) in [6, 6.07) is 2.63. The number of rotatable bonds is 7. The predicted molar refractivity (Wildman–Crippen MR) is 67.4 cm³/mol. The van der Waals surface area contributed by atoms with Crippen LogP contribution >= 0.6 is 0 Å². The zero-order chi connectivity index (χ0) is 12.0. The molecule has 92 valence electrons. The van der Waals surface area contributed by atoms with Crippen molar-refractivity contribution in [3.05, 3.63) is 17.5 Å². The molecule has 0 saturated carbocycles. The van der Waals surface area contributed by atoms with Gasteiger partial charge in [-0.2, -0.15) is 5.10 Å². The average Bonchev–Trinajstić information content (AvgIpc) is 2.74. The van der Waals surface area contributed by atoms with Crippen LogP contribution in [-0.4, -0.2) is 41.3 Å². The van der Waals surface area contributed by atoms with Crippen LogP contribution in [0.3, 0.4) is 0 Å². The Kier molecular flexibility index (Phi) is 5.49. The number of hydrogen-bond acceptors (Lipinski definition) is 3. The SMILES string of the molecule is CCc1cc(CNC(C)CN(C)CC)[nH]n1. The lowest BCUT2D eigenvalue weighted by Gasteiger charge is -2.20. The van der Waals surface area contributed by atoms with Crippen LogP contribution < -0.4 is 5.32 Å². The number of aryl methyl sites for hydroxylation is 1. The molecule has 4 nitrogen and oxygen atoms in total. The van der Waals surface area contributed by atoms with E-state index in [2.05, 4.69) is 54.3 Å². The van der Waals surface area contributed by atoms with Gasteiger partial charge in [0, 0.05) is 24.8 Å². The van der Waals surface area contributed by atoms with Gasteiger partial charge in [-0.25, -0.2) is 0 Å². The molecule has 1 aromatic heterocycles. The van der Waals surface area contributed by atoms with Gasteiger partial charge in [0.05, 0.1) is 5.69 Å². The molecule has 0 spiro atoms. The highest BCUT2D eigenvalue weighted by atomic mass is 15.1. The molecule has 0 amide bonds. The van der Waals surface area contributed by atoms with Crippen LogP contribution in [-0.2, 0) is 13.0 Å². The van der Waals surface area contributed by atoms with Gasteiger partial charge in [0.15, 0.2) is 0 Å². The molecule has 4 heteroatoms. The summed E-state index contributed by atoms with van der Waals surface area (Å²) < 4.78 is 0. The first-order chi connectivity index (χ1) is 7.65. The molecule has 2 N–H and O–H groups in total. The normalized spacial score (nSPS) is 13.3. The maximum atomic E-state index is 4.21. The third kappa shape index (κ3) is 4.33. The Hall–Kier alpha value is -0.870. The van der Waals surface area contributed by atoms with Crippen LogP contribution in [0.5, 0.6) is 0 Å². The van der Waals surface area contributed by atoms with E-state index in [4.69, 9.17) is 0 Å². The first-order valence-corrected chi connectivity index (χ1v) is 6.10. The van der Waals surface area contributed by atoms with E-state index in [0.717, 1.165) is 31.7 Å². The highest BCUT2D eigenvalue weighted by Crippen LogP contribution is 2.00. The standard InChI is InChI=1S/C12H24N4/c1-5-11-7-12(15-14-11)8-13-10(3)9-16(4)6-2/h7,10,13H,5-6,8-9H2,1-4H3,(H,14,15). The Morgan fingerprint density at radius 1 is 1.50 bits per heavy atom. The van der Waals surface area contributed by atoms with Crippen molar-refractivity contribution < 1.29 is 0 Å². The molecule has 0 fully saturated rings. The Morgan fingerprint density at radius 3 is 2.81 bits per heavy atom. The third-order valence-corrected chi connectivity index (χ3v) is 2.81. The predicted octanol–water partition coefficient (Wildman–Crippen LogP) is 1.40. The molecular weight excluding hydrogens is 200 g/mol. The molecule has 0 aliphatic rings. The van der Waals surface area contributed by atoms with Crippen LogP contribution in [0.15, 0.2) is 6.07 Å². The minimum atomic E-state index is 0.498. The van der Waals surface area contributed by atoms with E-state index in [0.29, 0.717) is 6.04 Å². The van der Waals surface area contributed by atoms with Gasteiger partial charge in [-0.05, 0) is 33.0 Å². The molecule has 0 aliphatic carbocycles. The van der Waals surface area contributed by atoms with Gasteiger partial charge in [-0.3, -0.25) is 5.10 Å². The molecule has 1 atom stereocenters. The monoisotopic (exact) mass is 224 g/mol. The lowest BCUT2D eigenvalue weighted by Crippen LogP contribution is -2.37. The van der Waals surface area contributed by atoms with Gasteiger partial charge in [0.2, 0.25) is 0 Å². The summed E-state index contributed by atoms with van der Waals surface area (Å²) in [4.78, 5) is 2.31. The summed E-state index contributed by atoms with van der Waals surface area (Å²) in [6.07, 6.45) is 0.991. The molecule has 0 saturated heterocycles. The Labute approximate surface area is 98.4 Å². The number of aromatic amines is 1. The summed E-state index contributed by atoms with van der Waals surface area (Å²) >= 11 is 0.